The van der Waals surface area contributed by atoms with Gasteiger partial charge in [-0.05, 0) is 37.1 Å². The Morgan fingerprint density at radius 3 is 2.43 bits per heavy atom. The molecule has 28 heavy (non-hydrogen) atoms. The number of amides is 1. The zero-order valence-corrected chi connectivity index (χ0v) is 16.3. The van der Waals surface area contributed by atoms with Crippen LogP contribution in [0.15, 0.2) is 54.6 Å². The van der Waals surface area contributed by atoms with Crippen LogP contribution in [-0.4, -0.2) is 23.0 Å². The van der Waals surface area contributed by atoms with Gasteiger partial charge in [0.05, 0.1) is 7.11 Å². The lowest BCUT2D eigenvalue weighted by atomic mass is 10.1. The van der Waals surface area contributed by atoms with Gasteiger partial charge in [-0.15, -0.1) is 0 Å². The Labute approximate surface area is 165 Å². The van der Waals surface area contributed by atoms with Crippen molar-refractivity contribution in [3.05, 3.63) is 82.7 Å². The summed E-state index contributed by atoms with van der Waals surface area (Å²) in [5, 5.41) is 6.10. The normalized spacial score (nSPS) is 10.4. The van der Waals surface area contributed by atoms with Gasteiger partial charge < -0.3 is 15.4 Å². The molecule has 6 heteroatoms. The highest BCUT2D eigenvalue weighted by molar-refractivity contribution is 5.92. The maximum atomic E-state index is 12.6. The first kappa shape index (κ1) is 19.4. The molecule has 2 N–H and O–H groups in total. The summed E-state index contributed by atoms with van der Waals surface area (Å²) in [6.45, 7) is 4.82. The summed E-state index contributed by atoms with van der Waals surface area (Å²) in [7, 11) is 1.64. The van der Waals surface area contributed by atoms with E-state index in [9.17, 15) is 4.79 Å². The molecule has 0 saturated carbocycles. The van der Waals surface area contributed by atoms with Crippen molar-refractivity contribution in [1.82, 2.24) is 15.3 Å². The lowest BCUT2D eigenvalue weighted by molar-refractivity contribution is 0.0945. The van der Waals surface area contributed by atoms with Gasteiger partial charge in [0.15, 0.2) is 0 Å². The minimum Gasteiger partial charge on any atom is -0.496 e. The third-order valence-electron chi connectivity index (χ3n) is 4.42. The minimum atomic E-state index is -0.228. The largest absolute Gasteiger partial charge is 0.496 e. The van der Waals surface area contributed by atoms with Crippen LogP contribution < -0.4 is 15.4 Å². The second-order valence-corrected chi connectivity index (χ2v) is 6.49. The van der Waals surface area contributed by atoms with E-state index in [1.165, 1.54) is 0 Å². The molecular formula is C22H24N4O2. The number of ether oxygens (including phenoxy) is 1. The Morgan fingerprint density at radius 2 is 1.68 bits per heavy atom. The first-order chi connectivity index (χ1) is 13.6. The average molecular weight is 376 g/mol. The van der Waals surface area contributed by atoms with Gasteiger partial charge in [-0.1, -0.05) is 42.5 Å². The van der Waals surface area contributed by atoms with E-state index in [4.69, 9.17) is 4.74 Å². The van der Waals surface area contributed by atoms with Gasteiger partial charge in [-0.3, -0.25) is 4.79 Å². The van der Waals surface area contributed by atoms with Crippen LogP contribution in [0.2, 0.25) is 0 Å². The average Bonchev–Trinajstić information content (AvgIpc) is 2.71. The predicted octanol–water partition coefficient (Wildman–Crippen LogP) is 3.64. The zero-order valence-electron chi connectivity index (χ0n) is 16.3. The Kier molecular flexibility index (Phi) is 6.22. The molecule has 0 saturated heterocycles. The molecule has 0 aliphatic heterocycles. The van der Waals surface area contributed by atoms with E-state index in [2.05, 4.69) is 20.6 Å². The molecule has 0 aliphatic rings. The third kappa shape index (κ3) is 4.85. The highest BCUT2D eigenvalue weighted by atomic mass is 16.5. The first-order valence-electron chi connectivity index (χ1n) is 9.11. The van der Waals surface area contributed by atoms with Gasteiger partial charge in [0.25, 0.3) is 5.91 Å². The zero-order chi connectivity index (χ0) is 19.9. The number of hydrogen-bond acceptors (Lipinski definition) is 5. The van der Waals surface area contributed by atoms with Crippen molar-refractivity contribution >= 4 is 11.9 Å². The Morgan fingerprint density at radius 1 is 0.964 bits per heavy atom. The van der Waals surface area contributed by atoms with E-state index < -0.39 is 0 Å². The van der Waals surface area contributed by atoms with Gasteiger partial charge in [0.2, 0.25) is 5.95 Å². The predicted molar refractivity (Wildman–Crippen MR) is 109 cm³/mol. The lowest BCUT2D eigenvalue weighted by Gasteiger charge is -2.11. The molecule has 2 aromatic carbocycles. The fourth-order valence-electron chi connectivity index (χ4n) is 2.86. The van der Waals surface area contributed by atoms with Gasteiger partial charge in [0.1, 0.15) is 11.4 Å². The molecule has 1 aromatic heterocycles. The van der Waals surface area contributed by atoms with Crippen LogP contribution in [-0.2, 0) is 13.1 Å². The maximum Gasteiger partial charge on any atom is 0.270 e. The topological polar surface area (TPSA) is 76.1 Å². The molecule has 144 valence electrons. The number of benzene rings is 2. The fraction of sp³-hybridized carbons (Fsp3) is 0.227. The van der Waals surface area contributed by atoms with Crippen molar-refractivity contribution in [3.63, 3.8) is 0 Å². The number of hydrogen-bond donors (Lipinski definition) is 2. The minimum absolute atomic E-state index is 0.228. The van der Waals surface area contributed by atoms with Crippen molar-refractivity contribution in [2.75, 3.05) is 12.4 Å². The van der Waals surface area contributed by atoms with Crippen molar-refractivity contribution in [1.29, 1.82) is 0 Å². The summed E-state index contributed by atoms with van der Waals surface area (Å²) in [6.07, 6.45) is 0. The molecule has 0 radical (unpaired) electrons. The molecule has 0 fully saturated rings. The molecule has 0 spiro atoms. The number of carbonyl (C=O) groups is 1. The van der Waals surface area contributed by atoms with E-state index in [0.29, 0.717) is 24.7 Å². The number of anilines is 1. The van der Waals surface area contributed by atoms with Crippen molar-refractivity contribution in [2.24, 2.45) is 0 Å². The van der Waals surface area contributed by atoms with Crippen LogP contribution in [0.1, 0.15) is 32.9 Å². The standard InChI is InChI=1S/C22H24N4O2/c1-15-8-4-5-9-17(15)13-23-21(27)19-12-16(2)25-22(26-19)24-14-18-10-6-7-11-20(18)28-3/h4-12H,13-14H2,1-3H3,(H,23,27)(H,24,25,26). The van der Waals surface area contributed by atoms with Crippen LogP contribution in [0.3, 0.4) is 0 Å². The van der Waals surface area contributed by atoms with Crippen LogP contribution >= 0.6 is 0 Å². The smallest absolute Gasteiger partial charge is 0.270 e. The van der Waals surface area contributed by atoms with E-state index in [-0.39, 0.29) is 5.91 Å². The first-order valence-corrected chi connectivity index (χ1v) is 9.11. The summed E-state index contributed by atoms with van der Waals surface area (Å²) >= 11 is 0. The summed E-state index contributed by atoms with van der Waals surface area (Å²) in [4.78, 5) is 21.3. The highest BCUT2D eigenvalue weighted by Gasteiger charge is 2.11. The van der Waals surface area contributed by atoms with Crippen LogP contribution in [0, 0.1) is 13.8 Å². The number of nitrogens with zero attached hydrogens (tertiary/aromatic N) is 2. The second kappa shape index (κ2) is 8.99. The fourth-order valence-corrected chi connectivity index (χ4v) is 2.86. The second-order valence-electron chi connectivity index (χ2n) is 6.49. The quantitative estimate of drug-likeness (QED) is 0.658. The number of rotatable bonds is 7. The Balaban J connectivity index is 1.68. The lowest BCUT2D eigenvalue weighted by Crippen LogP contribution is -2.25. The van der Waals surface area contributed by atoms with Crippen molar-refractivity contribution in [2.45, 2.75) is 26.9 Å². The van der Waals surface area contributed by atoms with Crippen LogP contribution in [0.25, 0.3) is 0 Å². The molecule has 3 rings (SSSR count). The van der Waals surface area contributed by atoms with E-state index in [1.807, 2.05) is 62.4 Å². The van der Waals surface area contributed by atoms with Gasteiger partial charge in [-0.2, -0.15) is 0 Å². The molecule has 6 nitrogen and oxygen atoms in total. The van der Waals surface area contributed by atoms with Crippen LogP contribution in [0.4, 0.5) is 5.95 Å². The van der Waals surface area contributed by atoms with E-state index >= 15 is 0 Å². The number of carbonyl (C=O) groups excluding carboxylic acids is 1. The van der Waals surface area contributed by atoms with E-state index in [0.717, 1.165) is 28.1 Å². The molecule has 1 amide bonds. The number of nitrogens with one attached hydrogen (secondary N) is 2. The van der Waals surface area contributed by atoms with E-state index in [1.54, 1.807) is 13.2 Å². The van der Waals surface area contributed by atoms with Gasteiger partial charge in [0, 0.05) is 24.3 Å². The van der Waals surface area contributed by atoms with Crippen molar-refractivity contribution < 1.29 is 9.53 Å². The summed E-state index contributed by atoms with van der Waals surface area (Å²) in [5.41, 5.74) is 4.26. The summed E-state index contributed by atoms with van der Waals surface area (Å²) < 4.78 is 5.36. The monoisotopic (exact) mass is 376 g/mol. The third-order valence-corrected chi connectivity index (χ3v) is 4.42. The highest BCUT2D eigenvalue weighted by Crippen LogP contribution is 2.18. The van der Waals surface area contributed by atoms with Gasteiger partial charge in [-0.25, -0.2) is 9.97 Å². The molecular weight excluding hydrogens is 352 g/mol. The molecule has 3 aromatic rings. The molecule has 1 heterocycles. The van der Waals surface area contributed by atoms with Gasteiger partial charge >= 0.3 is 0 Å². The number of aryl methyl sites for hydroxylation is 2. The molecule has 0 unspecified atom stereocenters. The summed E-state index contributed by atoms with van der Waals surface area (Å²) in [5.74, 6) is 0.972. The molecule has 0 atom stereocenters. The Hall–Kier alpha value is -3.41. The number of methoxy groups -OCH3 is 1. The number of para-hydroxylation sites is 1. The van der Waals surface area contributed by atoms with Crippen LogP contribution in [0.5, 0.6) is 5.75 Å². The Bertz CT molecular complexity index is 972. The summed E-state index contributed by atoms with van der Waals surface area (Å²) in [6, 6.07) is 17.4. The maximum absolute atomic E-state index is 12.6. The molecule has 0 aliphatic carbocycles. The molecule has 0 bridgehead atoms. The van der Waals surface area contributed by atoms with Crippen molar-refractivity contribution in [3.8, 4) is 5.75 Å². The number of aromatic nitrogens is 2. The SMILES string of the molecule is COc1ccccc1CNc1nc(C)cc(C(=O)NCc2ccccc2C)n1.